The van der Waals surface area contributed by atoms with Crippen LogP contribution in [0.15, 0.2) is 48.8 Å². The van der Waals surface area contributed by atoms with Crippen molar-refractivity contribution < 1.29 is 14.3 Å². The predicted octanol–water partition coefficient (Wildman–Crippen LogP) is 3.31. The van der Waals surface area contributed by atoms with E-state index >= 15 is 0 Å². The van der Waals surface area contributed by atoms with Crippen molar-refractivity contribution >= 4 is 11.4 Å². The molecule has 1 unspecified atom stereocenters. The highest BCUT2D eigenvalue weighted by Crippen LogP contribution is 2.46. The molecule has 144 valence electrons. The third-order valence-electron chi connectivity index (χ3n) is 5.55. The lowest BCUT2D eigenvalue weighted by molar-refractivity contribution is -0.121. The normalized spacial score (nSPS) is 16.7. The smallest absolute Gasteiger partial charge is 0.220 e. The first kappa shape index (κ1) is 17.1. The molecule has 0 saturated heterocycles. The van der Waals surface area contributed by atoms with E-state index in [0.717, 1.165) is 28.4 Å². The second-order valence-corrected chi connectivity index (χ2v) is 7.50. The van der Waals surface area contributed by atoms with Crippen molar-refractivity contribution in [3.63, 3.8) is 0 Å². The third-order valence-corrected chi connectivity index (χ3v) is 5.55. The molecule has 0 bridgehead atoms. The van der Waals surface area contributed by atoms with Gasteiger partial charge in [0.05, 0.1) is 18.3 Å². The molecule has 2 aliphatic rings. The van der Waals surface area contributed by atoms with E-state index < -0.39 is 0 Å². The quantitative estimate of drug-likeness (QED) is 0.716. The molecule has 28 heavy (non-hydrogen) atoms. The van der Waals surface area contributed by atoms with Crippen molar-refractivity contribution in [3.05, 3.63) is 60.2 Å². The van der Waals surface area contributed by atoms with Gasteiger partial charge in [0.25, 0.3) is 0 Å². The van der Waals surface area contributed by atoms with Crippen molar-refractivity contribution in [1.29, 1.82) is 0 Å². The number of hydrogen-bond donors (Lipinski definition) is 1. The van der Waals surface area contributed by atoms with Crippen LogP contribution in [0.1, 0.15) is 36.6 Å². The SMILES string of the molecule is O=C(CC(c1ccc2c(c1)OCCO2)C1CC1)NCc1ncc2ccccn12. The molecule has 1 fully saturated rings. The lowest BCUT2D eigenvalue weighted by Crippen LogP contribution is -2.26. The molecular formula is C22H23N3O3. The van der Waals surface area contributed by atoms with E-state index in [1.165, 1.54) is 12.8 Å². The number of rotatable bonds is 6. The highest BCUT2D eigenvalue weighted by atomic mass is 16.6. The highest BCUT2D eigenvalue weighted by Gasteiger charge is 2.34. The molecule has 6 nitrogen and oxygen atoms in total. The van der Waals surface area contributed by atoms with Crippen molar-refractivity contribution in [2.75, 3.05) is 13.2 Å². The van der Waals surface area contributed by atoms with E-state index in [2.05, 4.69) is 16.4 Å². The number of aromatic nitrogens is 2. The Morgan fingerprint density at radius 3 is 2.89 bits per heavy atom. The Balaban J connectivity index is 1.27. The summed E-state index contributed by atoms with van der Waals surface area (Å²) in [6, 6.07) is 12.0. The minimum atomic E-state index is 0.0551. The number of imidazole rings is 1. The van der Waals surface area contributed by atoms with Gasteiger partial charge < -0.3 is 19.2 Å². The molecule has 1 aromatic carbocycles. The zero-order valence-electron chi connectivity index (χ0n) is 15.6. The number of amides is 1. The molecule has 2 aromatic heterocycles. The fraction of sp³-hybridized carbons (Fsp3) is 0.364. The van der Waals surface area contributed by atoms with Crippen LogP contribution in [-0.2, 0) is 11.3 Å². The number of hydrogen-bond acceptors (Lipinski definition) is 4. The van der Waals surface area contributed by atoms with Crippen LogP contribution in [0.5, 0.6) is 11.5 Å². The van der Waals surface area contributed by atoms with Gasteiger partial charge in [0.2, 0.25) is 5.91 Å². The first-order valence-corrected chi connectivity index (χ1v) is 9.85. The summed E-state index contributed by atoms with van der Waals surface area (Å²) in [5.41, 5.74) is 2.19. The van der Waals surface area contributed by atoms with Gasteiger partial charge in [-0.05, 0) is 54.5 Å². The van der Waals surface area contributed by atoms with Gasteiger partial charge in [0.15, 0.2) is 11.5 Å². The summed E-state index contributed by atoms with van der Waals surface area (Å²) in [5.74, 6) is 3.26. The van der Waals surface area contributed by atoms with E-state index in [9.17, 15) is 4.79 Å². The standard InChI is InChI=1S/C22H23N3O3/c26-22(24-14-21-23-13-17-3-1-2-8-25(17)21)12-18(15-4-5-15)16-6-7-19-20(11-16)28-10-9-27-19/h1-3,6-8,11,13,15,18H,4-5,9-10,12,14H2,(H,24,26). The lowest BCUT2D eigenvalue weighted by Gasteiger charge is -2.22. The van der Waals surface area contributed by atoms with Gasteiger partial charge in [-0.25, -0.2) is 4.98 Å². The van der Waals surface area contributed by atoms with Gasteiger partial charge in [-0.3, -0.25) is 4.79 Å². The zero-order chi connectivity index (χ0) is 18.9. The Labute approximate surface area is 163 Å². The van der Waals surface area contributed by atoms with Crippen LogP contribution in [-0.4, -0.2) is 28.5 Å². The number of nitrogens with zero attached hydrogens (tertiary/aromatic N) is 2. The number of benzene rings is 1. The van der Waals surface area contributed by atoms with Crippen LogP contribution in [0, 0.1) is 5.92 Å². The van der Waals surface area contributed by atoms with Gasteiger partial charge in [-0.1, -0.05) is 12.1 Å². The van der Waals surface area contributed by atoms with E-state index in [1.54, 1.807) is 0 Å². The van der Waals surface area contributed by atoms with E-state index in [-0.39, 0.29) is 11.8 Å². The summed E-state index contributed by atoms with van der Waals surface area (Å²) in [6.07, 6.45) is 6.62. The second kappa shape index (κ2) is 7.19. The van der Waals surface area contributed by atoms with Crippen LogP contribution >= 0.6 is 0 Å². The molecule has 1 N–H and O–H groups in total. The number of carbonyl (C=O) groups is 1. The Morgan fingerprint density at radius 1 is 1.18 bits per heavy atom. The number of nitrogens with one attached hydrogen (secondary N) is 1. The Bertz CT molecular complexity index is 1010. The molecule has 6 heteroatoms. The number of fused-ring (bicyclic) bond motifs is 2. The summed E-state index contributed by atoms with van der Waals surface area (Å²) in [6.45, 7) is 1.59. The van der Waals surface area contributed by atoms with Crippen LogP contribution < -0.4 is 14.8 Å². The first-order chi connectivity index (χ1) is 13.8. The Hall–Kier alpha value is -3.02. The van der Waals surface area contributed by atoms with Crippen LogP contribution in [0.4, 0.5) is 0 Å². The van der Waals surface area contributed by atoms with Crippen LogP contribution in [0.25, 0.3) is 5.52 Å². The second-order valence-electron chi connectivity index (χ2n) is 7.50. The molecule has 1 saturated carbocycles. The summed E-state index contributed by atoms with van der Waals surface area (Å²) in [7, 11) is 0. The van der Waals surface area contributed by atoms with E-state index in [0.29, 0.717) is 32.1 Å². The zero-order valence-corrected chi connectivity index (χ0v) is 15.6. The molecule has 3 aromatic rings. The molecule has 0 spiro atoms. The van der Waals surface area contributed by atoms with Gasteiger partial charge in [0.1, 0.15) is 19.0 Å². The maximum absolute atomic E-state index is 12.7. The number of ether oxygens (including phenoxy) is 2. The molecule has 1 aliphatic heterocycles. The van der Waals surface area contributed by atoms with Crippen molar-refractivity contribution in [2.24, 2.45) is 5.92 Å². The summed E-state index contributed by atoms with van der Waals surface area (Å²) >= 11 is 0. The Morgan fingerprint density at radius 2 is 2.04 bits per heavy atom. The van der Waals surface area contributed by atoms with Gasteiger partial charge >= 0.3 is 0 Å². The monoisotopic (exact) mass is 377 g/mol. The topological polar surface area (TPSA) is 64.9 Å². The van der Waals surface area contributed by atoms with Crippen molar-refractivity contribution in [3.8, 4) is 11.5 Å². The Kier molecular flexibility index (Phi) is 4.39. The van der Waals surface area contributed by atoms with Crippen LogP contribution in [0.3, 0.4) is 0 Å². The van der Waals surface area contributed by atoms with Gasteiger partial charge in [-0.2, -0.15) is 0 Å². The number of pyridine rings is 1. The maximum Gasteiger partial charge on any atom is 0.220 e. The summed E-state index contributed by atoms with van der Waals surface area (Å²) in [4.78, 5) is 17.1. The minimum Gasteiger partial charge on any atom is -0.486 e. The fourth-order valence-electron chi connectivity index (χ4n) is 3.93. The molecule has 0 radical (unpaired) electrons. The average Bonchev–Trinajstić information content (AvgIpc) is 3.50. The van der Waals surface area contributed by atoms with E-state index in [1.807, 2.05) is 47.1 Å². The first-order valence-electron chi connectivity index (χ1n) is 9.85. The van der Waals surface area contributed by atoms with Gasteiger partial charge in [0, 0.05) is 12.6 Å². The largest absolute Gasteiger partial charge is 0.486 e. The van der Waals surface area contributed by atoms with Gasteiger partial charge in [-0.15, -0.1) is 0 Å². The van der Waals surface area contributed by atoms with Crippen LogP contribution in [0.2, 0.25) is 0 Å². The number of carbonyl (C=O) groups excluding carboxylic acids is 1. The predicted molar refractivity (Wildman–Crippen MR) is 105 cm³/mol. The van der Waals surface area contributed by atoms with E-state index in [4.69, 9.17) is 9.47 Å². The molecule has 1 atom stereocenters. The molecule has 5 rings (SSSR count). The minimum absolute atomic E-state index is 0.0551. The fourth-order valence-corrected chi connectivity index (χ4v) is 3.93. The lowest BCUT2D eigenvalue weighted by atomic mass is 9.90. The third kappa shape index (κ3) is 3.42. The summed E-state index contributed by atoms with van der Waals surface area (Å²) < 4.78 is 13.3. The van der Waals surface area contributed by atoms with Crippen molar-refractivity contribution in [2.45, 2.75) is 31.7 Å². The average molecular weight is 377 g/mol. The molecule has 1 amide bonds. The highest BCUT2D eigenvalue weighted by molar-refractivity contribution is 5.77. The maximum atomic E-state index is 12.7. The summed E-state index contributed by atoms with van der Waals surface area (Å²) in [5, 5.41) is 3.04. The molecule has 1 aliphatic carbocycles. The molecular weight excluding hydrogens is 354 g/mol. The molecule has 3 heterocycles. The van der Waals surface area contributed by atoms with Crippen molar-refractivity contribution in [1.82, 2.24) is 14.7 Å².